The minimum Gasteiger partial charge on any atom is -0.481 e. The number of nitrogens with one attached hydrogen (secondary N) is 1. The maximum Gasteiger partial charge on any atom is 0.261 e. The van der Waals surface area contributed by atoms with E-state index >= 15 is 0 Å². The average Bonchev–Trinajstić information content (AvgIpc) is 2.46. The van der Waals surface area contributed by atoms with Crippen LogP contribution in [0.5, 0.6) is 5.75 Å². The number of rotatable bonds is 7. The van der Waals surface area contributed by atoms with Gasteiger partial charge in [-0.05, 0) is 39.7 Å². The summed E-state index contributed by atoms with van der Waals surface area (Å²) in [6, 6.07) is 7.29. The lowest BCUT2D eigenvalue weighted by Gasteiger charge is -2.27. The largest absolute Gasteiger partial charge is 0.481 e. The third-order valence-corrected chi connectivity index (χ3v) is 3.68. The van der Waals surface area contributed by atoms with Crippen LogP contribution in [-0.4, -0.2) is 22.7 Å². The van der Waals surface area contributed by atoms with Gasteiger partial charge in [0.15, 0.2) is 6.10 Å². The van der Waals surface area contributed by atoms with Crippen LogP contribution in [0.3, 0.4) is 0 Å². The van der Waals surface area contributed by atoms with Crippen molar-refractivity contribution in [3.8, 4) is 5.75 Å². The van der Waals surface area contributed by atoms with Gasteiger partial charge in [-0.1, -0.05) is 32.0 Å². The van der Waals surface area contributed by atoms with Gasteiger partial charge in [0, 0.05) is 11.1 Å². The Balaban J connectivity index is 2.79. The van der Waals surface area contributed by atoms with Crippen molar-refractivity contribution in [2.24, 2.45) is 0 Å². The van der Waals surface area contributed by atoms with E-state index < -0.39 is 12.2 Å². The van der Waals surface area contributed by atoms with Gasteiger partial charge in [-0.3, -0.25) is 4.79 Å². The maximum atomic E-state index is 12.2. The minimum atomic E-state index is -0.610. The molecule has 118 valence electrons. The van der Waals surface area contributed by atoms with Crippen LogP contribution in [0.1, 0.15) is 59.1 Å². The average molecular weight is 293 g/mol. The number of para-hydroxylation sites is 1. The van der Waals surface area contributed by atoms with Crippen molar-refractivity contribution in [2.45, 2.75) is 65.2 Å². The van der Waals surface area contributed by atoms with Gasteiger partial charge in [0.05, 0.1) is 6.10 Å². The van der Waals surface area contributed by atoms with Crippen LogP contribution in [0.15, 0.2) is 24.3 Å². The van der Waals surface area contributed by atoms with Crippen molar-refractivity contribution in [3.63, 3.8) is 0 Å². The van der Waals surface area contributed by atoms with Crippen LogP contribution in [-0.2, 0) is 4.79 Å². The number of carbonyl (C=O) groups is 1. The molecule has 0 heterocycles. The Kier molecular flexibility index (Phi) is 6.21. The van der Waals surface area contributed by atoms with Gasteiger partial charge in [-0.15, -0.1) is 0 Å². The summed E-state index contributed by atoms with van der Waals surface area (Å²) >= 11 is 0. The lowest BCUT2D eigenvalue weighted by molar-refractivity contribution is -0.129. The second-order valence-corrected chi connectivity index (χ2v) is 5.95. The third-order valence-electron chi connectivity index (χ3n) is 3.68. The molecule has 21 heavy (non-hydrogen) atoms. The Morgan fingerprint density at radius 2 is 1.95 bits per heavy atom. The van der Waals surface area contributed by atoms with Gasteiger partial charge >= 0.3 is 0 Å². The summed E-state index contributed by atoms with van der Waals surface area (Å²) in [6.45, 7) is 9.61. The normalized spacial score (nSPS) is 14.4. The number of hydrogen-bond donors (Lipinski definition) is 2. The summed E-state index contributed by atoms with van der Waals surface area (Å²) in [5, 5.41) is 13.0. The summed E-state index contributed by atoms with van der Waals surface area (Å²) in [4.78, 5) is 12.2. The molecule has 0 saturated heterocycles. The molecule has 0 aliphatic heterocycles. The highest BCUT2D eigenvalue weighted by atomic mass is 16.5. The Labute approximate surface area is 127 Å². The molecule has 2 atom stereocenters. The van der Waals surface area contributed by atoms with E-state index in [1.54, 1.807) is 13.0 Å². The standard InChI is InChI=1S/C17H27NO3/c1-6-14(19)13-10-8-9-11-15(13)21-12(3)16(20)18-17(4,5)7-2/h8-12,14,19H,6-7H2,1-5H3,(H,18,20). The van der Waals surface area contributed by atoms with E-state index in [4.69, 9.17) is 4.74 Å². The Bertz CT molecular complexity index is 471. The van der Waals surface area contributed by atoms with E-state index in [1.807, 2.05) is 45.9 Å². The molecule has 1 rings (SSSR count). The molecule has 0 aliphatic rings. The summed E-state index contributed by atoms with van der Waals surface area (Å²) in [6.07, 6.45) is 0.255. The highest BCUT2D eigenvalue weighted by Crippen LogP contribution is 2.27. The van der Waals surface area contributed by atoms with Crippen molar-refractivity contribution in [1.82, 2.24) is 5.32 Å². The van der Waals surface area contributed by atoms with Crippen molar-refractivity contribution < 1.29 is 14.6 Å². The summed E-state index contributed by atoms with van der Waals surface area (Å²) in [5.74, 6) is 0.409. The van der Waals surface area contributed by atoms with E-state index in [0.717, 1.165) is 12.0 Å². The fraction of sp³-hybridized carbons (Fsp3) is 0.588. The molecule has 1 aromatic rings. The second-order valence-electron chi connectivity index (χ2n) is 5.95. The smallest absolute Gasteiger partial charge is 0.261 e. The number of benzene rings is 1. The molecule has 1 aromatic carbocycles. The highest BCUT2D eigenvalue weighted by molar-refractivity contribution is 5.81. The number of carbonyl (C=O) groups excluding carboxylic acids is 1. The molecular weight excluding hydrogens is 266 g/mol. The number of amides is 1. The van der Waals surface area contributed by atoms with E-state index in [9.17, 15) is 9.90 Å². The number of hydrogen-bond acceptors (Lipinski definition) is 3. The molecule has 0 fully saturated rings. The quantitative estimate of drug-likeness (QED) is 0.811. The lowest BCUT2D eigenvalue weighted by Crippen LogP contribution is -2.48. The zero-order valence-electron chi connectivity index (χ0n) is 13.6. The molecule has 4 nitrogen and oxygen atoms in total. The summed E-state index contributed by atoms with van der Waals surface area (Å²) in [7, 11) is 0. The molecular formula is C17H27NO3. The van der Waals surface area contributed by atoms with E-state index in [2.05, 4.69) is 5.32 Å². The van der Waals surface area contributed by atoms with Crippen molar-refractivity contribution in [2.75, 3.05) is 0 Å². The maximum absolute atomic E-state index is 12.2. The summed E-state index contributed by atoms with van der Waals surface area (Å²) in [5.41, 5.74) is 0.464. The first-order chi connectivity index (χ1) is 9.80. The fourth-order valence-corrected chi connectivity index (χ4v) is 1.85. The molecule has 2 unspecified atom stereocenters. The van der Waals surface area contributed by atoms with Gasteiger partial charge in [0.1, 0.15) is 5.75 Å². The van der Waals surface area contributed by atoms with Gasteiger partial charge in [-0.2, -0.15) is 0 Å². The third kappa shape index (κ3) is 5.05. The van der Waals surface area contributed by atoms with Crippen LogP contribution >= 0.6 is 0 Å². The molecule has 0 saturated carbocycles. The zero-order chi connectivity index (χ0) is 16.0. The molecule has 0 radical (unpaired) electrons. The minimum absolute atomic E-state index is 0.150. The molecule has 0 aromatic heterocycles. The van der Waals surface area contributed by atoms with Gasteiger partial charge in [0.2, 0.25) is 0 Å². The van der Waals surface area contributed by atoms with Crippen LogP contribution in [0.2, 0.25) is 0 Å². The Hall–Kier alpha value is -1.55. The monoisotopic (exact) mass is 293 g/mol. The molecule has 4 heteroatoms. The number of ether oxygens (including phenoxy) is 1. The van der Waals surface area contributed by atoms with E-state index in [0.29, 0.717) is 12.2 Å². The molecule has 0 spiro atoms. The van der Waals surface area contributed by atoms with E-state index in [-0.39, 0.29) is 11.4 Å². The molecule has 2 N–H and O–H groups in total. The Morgan fingerprint density at radius 3 is 2.52 bits per heavy atom. The van der Waals surface area contributed by atoms with Gasteiger partial charge in [-0.25, -0.2) is 0 Å². The SMILES string of the molecule is CCC(O)c1ccccc1OC(C)C(=O)NC(C)(C)CC. The summed E-state index contributed by atoms with van der Waals surface area (Å²) < 4.78 is 5.75. The van der Waals surface area contributed by atoms with Crippen LogP contribution in [0, 0.1) is 0 Å². The number of aliphatic hydroxyl groups excluding tert-OH is 1. The number of aliphatic hydroxyl groups is 1. The predicted molar refractivity (Wildman–Crippen MR) is 84.3 cm³/mol. The molecule has 0 bridgehead atoms. The van der Waals surface area contributed by atoms with Crippen LogP contribution < -0.4 is 10.1 Å². The lowest BCUT2D eigenvalue weighted by atomic mass is 10.0. The topological polar surface area (TPSA) is 58.6 Å². The first kappa shape index (κ1) is 17.5. The fourth-order valence-electron chi connectivity index (χ4n) is 1.85. The van der Waals surface area contributed by atoms with Crippen LogP contribution in [0.25, 0.3) is 0 Å². The zero-order valence-corrected chi connectivity index (χ0v) is 13.6. The highest BCUT2D eigenvalue weighted by Gasteiger charge is 2.24. The van der Waals surface area contributed by atoms with E-state index in [1.165, 1.54) is 0 Å². The van der Waals surface area contributed by atoms with Crippen molar-refractivity contribution in [1.29, 1.82) is 0 Å². The first-order valence-electron chi connectivity index (χ1n) is 7.56. The second kappa shape index (κ2) is 7.46. The van der Waals surface area contributed by atoms with Crippen LogP contribution in [0.4, 0.5) is 0 Å². The first-order valence-corrected chi connectivity index (χ1v) is 7.56. The predicted octanol–water partition coefficient (Wildman–Crippen LogP) is 3.20. The van der Waals surface area contributed by atoms with Crippen molar-refractivity contribution >= 4 is 5.91 Å². The molecule has 0 aliphatic carbocycles. The van der Waals surface area contributed by atoms with Gasteiger partial charge in [0.25, 0.3) is 5.91 Å². The van der Waals surface area contributed by atoms with Crippen molar-refractivity contribution in [3.05, 3.63) is 29.8 Å². The molecule has 1 amide bonds. The van der Waals surface area contributed by atoms with Gasteiger partial charge < -0.3 is 15.2 Å². The Morgan fingerprint density at radius 1 is 1.33 bits per heavy atom.